The second kappa shape index (κ2) is 5.55. The first-order valence-corrected chi connectivity index (χ1v) is 7.65. The minimum absolute atomic E-state index is 0.0599. The number of rotatable bonds is 3. The van der Waals surface area contributed by atoms with Crippen molar-refractivity contribution in [2.24, 2.45) is 0 Å². The van der Waals surface area contributed by atoms with Gasteiger partial charge in [-0.15, -0.1) is 22.9 Å². The van der Waals surface area contributed by atoms with E-state index in [1.54, 1.807) is 11.3 Å². The lowest BCUT2D eigenvalue weighted by atomic mass is 10.1. The minimum atomic E-state index is -0.0599. The Morgan fingerprint density at radius 1 is 1.29 bits per heavy atom. The standard InChI is InChI=1S/C14H14BrClS/c1-3-10-5-7-13(17-10)14(16)11-6-4-9(2)8-12(11)15/h4-8,14H,3H2,1-2H3. The van der Waals surface area contributed by atoms with E-state index in [2.05, 4.69) is 60.1 Å². The van der Waals surface area contributed by atoms with Gasteiger partial charge in [-0.05, 0) is 42.7 Å². The van der Waals surface area contributed by atoms with Crippen molar-refractivity contribution in [1.82, 2.24) is 0 Å². The van der Waals surface area contributed by atoms with Crippen LogP contribution in [0.5, 0.6) is 0 Å². The van der Waals surface area contributed by atoms with E-state index in [1.165, 1.54) is 15.3 Å². The first-order valence-electron chi connectivity index (χ1n) is 5.60. The zero-order chi connectivity index (χ0) is 12.4. The molecular weight excluding hydrogens is 316 g/mol. The quantitative estimate of drug-likeness (QED) is 0.633. The maximum Gasteiger partial charge on any atom is 0.0938 e. The van der Waals surface area contributed by atoms with Crippen LogP contribution in [0.2, 0.25) is 0 Å². The van der Waals surface area contributed by atoms with Gasteiger partial charge in [-0.25, -0.2) is 0 Å². The predicted molar refractivity (Wildman–Crippen MR) is 80.3 cm³/mol. The third-order valence-electron chi connectivity index (χ3n) is 2.71. The summed E-state index contributed by atoms with van der Waals surface area (Å²) in [6.45, 7) is 4.25. The SMILES string of the molecule is CCc1ccc(C(Cl)c2ccc(C)cc2Br)s1. The maximum absolute atomic E-state index is 6.54. The van der Waals surface area contributed by atoms with Crippen molar-refractivity contribution in [2.75, 3.05) is 0 Å². The van der Waals surface area contributed by atoms with E-state index in [0.29, 0.717) is 0 Å². The van der Waals surface area contributed by atoms with E-state index >= 15 is 0 Å². The summed E-state index contributed by atoms with van der Waals surface area (Å²) in [5.41, 5.74) is 2.38. The number of halogens is 2. The topological polar surface area (TPSA) is 0 Å². The van der Waals surface area contributed by atoms with Gasteiger partial charge in [0.15, 0.2) is 0 Å². The van der Waals surface area contributed by atoms with Crippen LogP contribution in [0.4, 0.5) is 0 Å². The Balaban J connectivity index is 2.33. The summed E-state index contributed by atoms with van der Waals surface area (Å²) in [5, 5.41) is -0.0599. The van der Waals surface area contributed by atoms with Gasteiger partial charge in [-0.1, -0.05) is 35.0 Å². The molecule has 90 valence electrons. The zero-order valence-electron chi connectivity index (χ0n) is 9.84. The van der Waals surface area contributed by atoms with Crippen LogP contribution in [-0.2, 0) is 6.42 Å². The van der Waals surface area contributed by atoms with Crippen molar-refractivity contribution in [3.63, 3.8) is 0 Å². The third kappa shape index (κ3) is 2.93. The van der Waals surface area contributed by atoms with E-state index in [9.17, 15) is 0 Å². The van der Waals surface area contributed by atoms with Crippen LogP contribution in [-0.4, -0.2) is 0 Å². The lowest BCUT2D eigenvalue weighted by Crippen LogP contribution is -1.92. The van der Waals surface area contributed by atoms with E-state index in [1.807, 2.05) is 0 Å². The van der Waals surface area contributed by atoms with Gasteiger partial charge in [0, 0.05) is 14.2 Å². The zero-order valence-corrected chi connectivity index (χ0v) is 13.0. The molecule has 1 aromatic heterocycles. The maximum atomic E-state index is 6.54. The van der Waals surface area contributed by atoms with Crippen molar-refractivity contribution in [3.05, 3.63) is 55.7 Å². The summed E-state index contributed by atoms with van der Waals surface area (Å²) in [5.74, 6) is 0. The fraction of sp³-hybridized carbons (Fsp3) is 0.286. The first kappa shape index (κ1) is 13.1. The average molecular weight is 330 g/mol. The van der Waals surface area contributed by atoms with Crippen molar-refractivity contribution < 1.29 is 0 Å². The highest BCUT2D eigenvalue weighted by atomic mass is 79.9. The van der Waals surface area contributed by atoms with E-state index in [4.69, 9.17) is 11.6 Å². The molecule has 0 aliphatic carbocycles. The molecule has 1 heterocycles. The predicted octanol–water partition coefficient (Wildman–Crippen LogP) is 5.71. The molecule has 0 N–H and O–H groups in total. The molecule has 2 rings (SSSR count). The van der Waals surface area contributed by atoms with Crippen LogP contribution in [0, 0.1) is 6.92 Å². The molecule has 0 bridgehead atoms. The fourth-order valence-electron chi connectivity index (χ4n) is 1.71. The summed E-state index contributed by atoms with van der Waals surface area (Å²) >= 11 is 11.9. The minimum Gasteiger partial charge on any atom is -0.143 e. The molecule has 17 heavy (non-hydrogen) atoms. The molecule has 3 heteroatoms. The number of hydrogen-bond acceptors (Lipinski definition) is 1. The number of alkyl halides is 1. The highest BCUT2D eigenvalue weighted by Gasteiger charge is 2.15. The summed E-state index contributed by atoms with van der Waals surface area (Å²) in [6.07, 6.45) is 1.07. The van der Waals surface area contributed by atoms with Gasteiger partial charge in [0.1, 0.15) is 0 Å². The largest absolute Gasteiger partial charge is 0.143 e. The molecule has 0 aliphatic rings. The van der Waals surface area contributed by atoms with Gasteiger partial charge >= 0.3 is 0 Å². The van der Waals surface area contributed by atoms with E-state index < -0.39 is 0 Å². The highest BCUT2D eigenvalue weighted by molar-refractivity contribution is 9.10. The molecular formula is C14H14BrClS. The van der Waals surface area contributed by atoms with Crippen LogP contribution in [0.3, 0.4) is 0 Å². The first-order chi connectivity index (χ1) is 8.11. The fourth-order valence-corrected chi connectivity index (χ4v) is 3.91. The number of thiophene rings is 1. The molecule has 0 saturated carbocycles. The van der Waals surface area contributed by atoms with E-state index in [-0.39, 0.29) is 5.38 Å². The molecule has 0 radical (unpaired) electrons. The monoisotopic (exact) mass is 328 g/mol. The van der Waals surface area contributed by atoms with Gasteiger partial charge in [-0.2, -0.15) is 0 Å². The Hall–Kier alpha value is -0.310. The molecule has 0 nitrogen and oxygen atoms in total. The molecule has 0 spiro atoms. The Kier molecular flexibility index (Phi) is 4.29. The Morgan fingerprint density at radius 2 is 2.06 bits per heavy atom. The molecule has 0 saturated heterocycles. The third-order valence-corrected chi connectivity index (χ3v) is 5.29. The Morgan fingerprint density at radius 3 is 2.65 bits per heavy atom. The van der Waals surface area contributed by atoms with Crippen LogP contribution in [0.15, 0.2) is 34.8 Å². The summed E-state index contributed by atoms with van der Waals surface area (Å²) < 4.78 is 1.09. The van der Waals surface area contributed by atoms with Gasteiger partial charge in [0.2, 0.25) is 0 Å². The second-order valence-corrected chi connectivity index (χ2v) is 6.54. The number of aryl methyl sites for hydroxylation is 2. The van der Waals surface area contributed by atoms with Gasteiger partial charge in [0.25, 0.3) is 0 Å². The molecule has 1 atom stereocenters. The lowest BCUT2D eigenvalue weighted by Gasteiger charge is -2.10. The Labute approximate surface area is 120 Å². The van der Waals surface area contributed by atoms with E-state index in [0.717, 1.165) is 16.5 Å². The molecule has 0 fully saturated rings. The van der Waals surface area contributed by atoms with Crippen LogP contribution < -0.4 is 0 Å². The summed E-state index contributed by atoms with van der Waals surface area (Å²) in [4.78, 5) is 2.60. The summed E-state index contributed by atoms with van der Waals surface area (Å²) in [7, 11) is 0. The summed E-state index contributed by atoms with van der Waals surface area (Å²) in [6, 6.07) is 10.6. The lowest BCUT2D eigenvalue weighted by molar-refractivity contribution is 1.16. The second-order valence-electron chi connectivity index (χ2n) is 4.05. The van der Waals surface area contributed by atoms with Crippen molar-refractivity contribution in [3.8, 4) is 0 Å². The smallest absolute Gasteiger partial charge is 0.0938 e. The Bertz CT molecular complexity index is 519. The van der Waals surface area contributed by atoms with Crippen molar-refractivity contribution >= 4 is 38.9 Å². The van der Waals surface area contributed by atoms with Gasteiger partial charge in [0.05, 0.1) is 5.38 Å². The van der Waals surface area contributed by atoms with Gasteiger partial charge in [-0.3, -0.25) is 0 Å². The molecule has 0 aliphatic heterocycles. The normalized spacial score (nSPS) is 12.7. The number of hydrogen-bond donors (Lipinski definition) is 0. The molecule has 1 aromatic carbocycles. The van der Waals surface area contributed by atoms with Crippen LogP contribution in [0.1, 0.15) is 33.2 Å². The highest BCUT2D eigenvalue weighted by Crippen LogP contribution is 2.37. The van der Waals surface area contributed by atoms with Gasteiger partial charge < -0.3 is 0 Å². The van der Waals surface area contributed by atoms with Crippen LogP contribution in [0.25, 0.3) is 0 Å². The van der Waals surface area contributed by atoms with Crippen molar-refractivity contribution in [1.29, 1.82) is 0 Å². The molecule has 1 unspecified atom stereocenters. The molecule has 0 amide bonds. The van der Waals surface area contributed by atoms with Crippen LogP contribution >= 0.6 is 38.9 Å². The van der Waals surface area contributed by atoms with Crippen molar-refractivity contribution in [2.45, 2.75) is 25.6 Å². The molecule has 2 aromatic rings. The number of benzene rings is 1. The average Bonchev–Trinajstić information content (AvgIpc) is 2.76.